The van der Waals surface area contributed by atoms with E-state index >= 15 is 0 Å². The summed E-state index contributed by atoms with van der Waals surface area (Å²) in [6.07, 6.45) is 3.83. The number of carbonyl (C=O) groups excluding carboxylic acids is 1. The lowest BCUT2D eigenvalue weighted by Crippen LogP contribution is -2.66. The number of hydrazine groups is 1. The molecule has 2 fully saturated rings. The predicted octanol–water partition coefficient (Wildman–Crippen LogP) is 0.500. The molecule has 1 aromatic rings. The molecule has 1 aromatic carbocycles. The maximum absolute atomic E-state index is 12.4. The Labute approximate surface area is 140 Å². The van der Waals surface area contributed by atoms with Crippen molar-refractivity contribution in [3.8, 4) is 6.07 Å². The van der Waals surface area contributed by atoms with E-state index in [1.165, 1.54) is 12.8 Å². The van der Waals surface area contributed by atoms with Crippen LogP contribution in [0.5, 0.6) is 0 Å². The largest absolute Gasteiger partial charge is 0.324 e. The highest BCUT2D eigenvalue weighted by molar-refractivity contribution is 5.96. The van der Waals surface area contributed by atoms with Gasteiger partial charge in [0.2, 0.25) is 0 Å². The van der Waals surface area contributed by atoms with E-state index < -0.39 is 0 Å². The Hall–Kier alpha value is -2.40. The van der Waals surface area contributed by atoms with Crippen molar-refractivity contribution in [3.63, 3.8) is 0 Å². The van der Waals surface area contributed by atoms with Gasteiger partial charge < -0.3 is 5.32 Å². The molecule has 0 aromatic heterocycles. The Balaban J connectivity index is 1.55. The van der Waals surface area contributed by atoms with Crippen molar-refractivity contribution in [2.75, 3.05) is 18.1 Å². The Morgan fingerprint density at radius 2 is 2.08 bits per heavy atom. The van der Waals surface area contributed by atoms with Crippen LogP contribution in [0.25, 0.3) is 0 Å². The van der Waals surface area contributed by atoms with Gasteiger partial charge in [-0.2, -0.15) is 5.26 Å². The molecule has 0 aliphatic carbocycles. The minimum Gasteiger partial charge on any atom is -0.324 e. The second-order valence-corrected chi connectivity index (χ2v) is 6.42. The van der Waals surface area contributed by atoms with Crippen molar-refractivity contribution in [3.05, 3.63) is 41.1 Å². The van der Waals surface area contributed by atoms with Gasteiger partial charge in [-0.15, -0.1) is 0 Å². The predicted molar refractivity (Wildman–Crippen MR) is 89.3 cm³/mol. The van der Waals surface area contributed by atoms with E-state index in [0.29, 0.717) is 11.1 Å². The minimum atomic E-state index is -0.209. The molecule has 1 amide bonds. The summed E-state index contributed by atoms with van der Waals surface area (Å²) in [6.45, 7) is 3.96. The Bertz CT molecular complexity index is 746. The highest BCUT2D eigenvalue weighted by Crippen LogP contribution is 2.26. The molecule has 2 unspecified atom stereocenters. The van der Waals surface area contributed by atoms with Crippen LogP contribution in [0.4, 0.5) is 5.69 Å². The van der Waals surface area contributed by atoms with E-state index in [1.54, 1.807) is 6.07 Å². The van der Waals surface area contributed by atoms with Crippen LogP contribution in [-0.4, -0.2) is 36.4 Å². The van der Waals surface area contributed by atoms with E-state index in [0.717, 1.165) is 24.3 Å². The second kappa shape index (κ2) is 5.91. The topological polar surface area (TPSA) is 83.4 Å². The normalized spacial score (nSPS) is 26.8. The van der Waals surface area contributed by atoms with Gasteiger partial charge in [-0.3, -0.25) is 20.0 Å². The molecular weight excluding hydrogens is 304 g/mol. The molecule has 3 N–H and O–H groups in total. The van der Waals surface area contributed by atoms with Crippen molar-refractivity contribution >= 4 is 11.6 Å². The van der Waals surface area contributed by atoms with Crippen molar-refractivity contribution in [2.45, 2.75) is 32.2 Å². The average Bonchev–Trinajstić information content (AvgIpc) is 3.24. The molecule has 24 heavy (non-hydrogen) atoms. The van der Waals surface area contributed by atoms with Crippen molar-refractivity contribution in [1.29, 1.82) is 5.26 Å². The van der Waals surface area contributed by atoms with E-state index in [9.17, 15) is 4.79 Å². The number of hydrogen-bond donors (Lipinski definition) is 3. The number of aryl methyl sites for hydroxylation is 1. The van der Waals surface area contributed by atoms with Gasteiger partial charge in [-0.1, -0.05) is 0 Å². The Morgan fingerprint density at radius 1 is 1.29 bits per heavy atom. The summed E-state index contributed by atoms with van der Waals surface area (Å²) >= 11 is 0. The first-order valence-electron chi connectivity index (χ1n) is 8.24. The zero-order chi connectivity index (χ0) is 16.7. The molecule has 0 bridgehead atoms. The Morgan fingerprint density at radius 3 is 2.79 bits per heavy atom. The molecule has 0 spiro atoms. The zero-order valence-corrected chi connectivity index (χ0v) is 13.5. The molecule has 3 aliphatic rings. The molecule has 0 saturated carbocycles. The number of amides is 1. The van der Waals surface area contributed by atoms with Gasteiger partial charge in [0, 0.05) is 19.3 Å². The summed E-state index contributed by atoms with van der Waals surface area (Å²) in [5, 5.41) is 17.3. The number of nitriles is 1. The van der Waals surface area contributed by atoms with Gasteiger partial charge in [-0.25, -0.2) is 5.43 Å². The maximum Gasteiger partial charge on any atom is 0.254 e. The first-order valence-corrected chi connectivity index (χ1v) is 8.24. The smallest absolute Gasteiger partial charge is 0.254 e. The summed E-state index contributed by atoms with van der Waals surface area (Å²) in [7, 11) is 0. The lowest BCUT2D eigenvalue weighted by molar-refractivity contribution is -0.121. The van der Waals surface area contributed by atoms with Crippen molar-refractivity contribution in [1.82, 2.24) is 21.0 Å². The standard InChI is InChI=1S/C17H20N6O/c1-11-8-12(9-18)4-5-14(11)23-10-13-15(21-23)19-17(20-16(13)24)22-6-2-3-7-22/h4-5,8,10,15,17,19,21H,2-3,6-7H2,1H3,(H,20,24). The quantitative estimate of drug-likeness (QED) is 0.735. The number of fused-ring (bicyclic) bond motifs is 1. The highest BCUT2D eigenvalue weighted by Gasteiger charge is 2.38. The third-order valence-electron chi connectivity index (χ3n) is 4.79. The molecule has 2 atom stereocenters. The van der Waals surface area contributed by atoms with E-state index in [2.05, 4.69) is 27.0 Å². The first kappa shape index (κ1) is 15.1. The molecule has 124 valence electrons. The molecular formula is C17H20N6O. The van der Waals surface area contributed by atoms with Gasteiger partial charge >= 0.3 is 0 Å². The van der Waals surface area contributed by atoms with Crippen LogP contribution in [0.3, 0.4) is 0 Å². The summed E-state index contributed by atoms with van der Waals surface area (Å²) < 4.78 is 0. The molecule has 3 heterocycles. The molecule has 7 heteroatoms. The fourth-order valence-electron chi connectivity index (χ4n) is 3.51. The van der Waals surface area contributed by atoms with E-state index in [1.807, 2.05) is 30.3 Å². The van der Waals surface area contributed by atoms with Gasteiger partial charge in [0.15, 0.2) is 0 Å². The number of benzene rings is 1. The second-order valence-electron chi connectivity index (χ2n) is 6.42. The number of carbonyl (C=O) groups is 1. The number of nitrogens with zero attached hydrogens (tertiary/aromatic N) is 3. The molecule has 2 saturated heterocycles. The van der Waals surface area contributed by atoms with Crippen molar-refractivity contribution in [2.24, 2.45) is 0 Å². The summed E-state index contributed by atoms with van der Waals surface area (Å²) in [5.74, 6) is -0.0445. The van der Waals surface area contributed by atoms with Crippen LogP contribution in [0.1, 0.15) is 24.0 Å². The third kappa shape index (κ3) is 2.55. The first-order chi connectivity index (χ1) is 11.7. The van der Waals surface area contributed by atoms with Gasteiger partial charge in [-0.05, 0) is 43.5 Å². The van der Waals surface area contributed by atoms with Crippen molar-refractivity contribution < 1.29 is 4.79 Å². The lowest BCUT2D eigenvalue weighted by atomic mass is 10.1. The third-order valence-corrected chi connectivity index (χ3v) is 4.79. The fourth-order valence-corrected chi connectivity index (χ4v) is 3.51. The fraction of sp³-hybridized carbons (Fsp3) is 0.412. The molecule has 4 rings (SSSR count). The SMILES string of the molecule is Cc1cc(C#N)ccc1N1C=C2C(=O)NC(N3CCCC3)NC2N1. The number of likely N-dealkylation sites (tertiary alicyclic amines) is 1. The van der Waals surface area contributed by atoms with E-state index in [-0.39, 0.29) is 18.4 Å². The van der Waals surface area contributed by atoms with Gasteiger partial charge in [0.1, 0.15) is 12.5 Å². The average molecular weight is 324 g/mol. The van der Waals surface area contributed by atoms with E-state index in [4.69, 9.17) is 5.26 Å². The number of nitrogens with one attached hydrogen (secondary N) is 3. The zero-order valence-electron chi connectivity index (χ0n) is 13.5. The van der Waals surface area contributed by atoms with Crippen LogP contribution in [0.2, 0.25) is 0 Å². The molecule has 3 aliphatic heterocycles. The summed E-state index contributed by atoms with van der Waals surface area (Å²) in [4.78, 5) is 14.7. The van der Waals surface area contributed by atoms with Crippen LogP contribution in [0.15, 0.2) is 30.0 Å². The lowest BCUT2D eigenvalue weighted by Gasteiger charge is -2.36. The Kier molecular flexibility index (Phi) is 3.73. The number of anilines is 1. The van der Waals surface area contributed by atoms with Crippen LogP contribution in [-0.2, 0) is 4.79 Å². The summed E-state index contributed by atoms with van der Waals surface area (Å²) in [5.41, 5.74) is 6.55. The van der Waals surface area contributed by atoms with Crippen LogP contribution < -0.4 is 21.1 Å². The molecule has 0 radical (unpaired) electrons. The van der Waals surface area contributed by atoms with Gasteiger partial charge in [0.25, 0.3) is 5.91 Å². The van der Waals surface area contributed by atoms with Gasteiger partial charge in [0.05, 0.1) is 22.9 Å². The van der Waals surface area contributed by atoms with Crippen LogP contribution in [0, 0.1) is 18.3 Å². The maximum atomic E-state index is 12.4. The number of rotatable bonds is 2. The highest BCUT2D eigenvalue weighted by atomic mass is 16.2. The summed E-state index contributed by atoms with van der Waals surface area (Å²) in [6, 6.07) is 7.67. The van der Waals surface area contributed by atoms with Crippen LogP contribution >= 0.6 is 0 Å². The molecule has 7 nitrogen and oxygen atoms in total. The number of hydrogen-bond acceptors (Lipinski definition) is 6. The minimum absolute atomic E-state index is 0.0445. The monoisotopic (exact) mass is 324 g/mol.